The third kappa shape index (κ3) is 2.66. The molecule has 23 heavy (non-hydrogen) atoms. The quantitative estimate of drug-likeness (QED) is 0.736. The van der Waals surface area contributed by atoms with E-state index in [1.807, 2.05) is 6.92 Å². The number of aromatic carboxylic acids is 1. The van der Waals surface area contributed by atoms with Gasteiger partial charge in [-0.15, -0.1) is 0 Å². The van der Waals surface area contributed by atoms with Gasteiger partial charge in [-0.05, 0) is 37.3 Å². The lowest BCUT2D eigenvalue weighted by molar-refractivity contribution is 0.0697. The number of aromatic nitrogens is 1. The minimum atomic E-state index is -3.80. The maximum Gasteiger partial charge on any atom is 0.335 e. The van der Waals surface area contributed by atoms with Gasteiger partial charge in [0.25, 0.3) is 10.0 Å². The van der Waals surface area contributed by atoms with E-state index in [4.69, 9.17) is 5.11 Å². The number of nitrogens with zero attached hydrogens (tertiary/aromatic N) is 1. The zero-order chi connectivity index (χ0) is 16.8. The zero-order valence-electron chi connectivity index (χ0n) is 12.0. The van der Waals surface area contributed by atoms with Crippen molar-refractivity contribution in [2.24, 2.45) is 0 Å². The molecule has 0 aliphatic heterocycles. The number of aryl methyl sites for hydroxylation is 1. The molecule has 0 aliphatic rings. The Balaban J connectivity index is 2.27. The largest absolute Gasteiger partial charge is 0.478 e. The third-order valence-corrected chi connectivity index (χ3v) is 5.91. The molecule has 1 aromatic heterocycles. The van der Waals surface area contributed by atoms with E-state index in [1.54, 1.807) is 18.2 Å². The van der Waals surface area contributed by atoms with Crippen molar-refractivity contribution in [3.8, 4) is 0 Å². The van der Waals surface area contributed by atoms with Crippen LogP contribution in [0.1, 0.15) is 15.9 Å². The van der Waals surface area contributed by atoms with Crippen LogP contribution in [0, 0.1) is 6.92 Å². The summed E-state index contributed by atoms with van der Waals surface area (Å²) in [5, 5.41) is 9.80. The minimum Gasteiger partial charge on any atom is -0.478 e. The van der Waals surface area contributed by atoms with Crippen molar-refractivity contribution in [2.75, 3.05) is 0 Å². The van der Waals surface area contributed by atoms with Gasteiger partial charge in [-0.2, -0.15) is 0 Å². The first-order valence-corrected chi connectivity index (χ1v) is 8.90. The monoisotopic (exact) mass is 393 g/mol. The van der Waals surface area contributed by atoms with Crippen LogP contribution >= 0.6 is 15.9 Å². The van der Waals surface area contributed by atoms with Gasteiger partial charge in [0.15, 0.2) is 0 Å². The molecule has 0 bridgehead atoms. The van der Waals surface area contributed by atoms with Gasteiger partial charge in [0, 0.05) is 16.1 Å². The lowest BCUT2D eigenvalue weighted by Crippen LogP contribution is -2.12. The maximum atomic E-state index is 12.8. The number of carbonyl (C=O) groups is 1. The van der Waals surface area contributed by atoms with Gasteiger partial charge in [0.05, 0.1) is 16.0 Å². The highest BCUT2D eigenvalue weighted by molar-refractivity contribution is 9.10. The number of fused-ring (bicyclic) bond motifs is 1. The Labute approximate surface area is 141 Å². The Morgan fingerprint density at radius 2 is 1.78 bits per heavy atom. The molecule has 118 valence electrons. The van der Waals surface area contributed by atoms with E-state index in [1.165, 1.54) is 30.5 Å². The minimum absolute atomic E-state index is 0.0171. The molecule has 0 radical (unpaired) electrons. The maximum absolute atomic E-state index is 12.8. The van der Waals surface area contributed by atoms with E-state index in [0.29, 0.717) is 15.4 Å². The molecule has 0 aliphatic carbocycles. The molecule has 3 rings (SSSR count). The fourth-order valence-electron chi connectivity index (χ4n) is 2.33. The molecule has 0 saturated heterocycles. The van der Waals surface area contributed by atoms with E-state index in [9.17, 15) is 13.2 Å². The van der Waals surface area contributed by atoms with Gasteiger partial charge in [-0.3, -0.25) is 0 Å². The fraction of sp³-hybridized carbons (Fsp3) is 0.0625. The van der Waals surface area contributed by atoms with Gasteiger partial charge in [-0.25, -0.2) is 17.2 Å². The summed E-state index contributed by atoms with van der Waals surface area (Å²) < 4.78 is 27.3. The number of rotatable bonds is 3. The molecule has 0 saturated carbocycles. The first-order chi connectivity index (χ1) is 10.8. The summed E-state index contributed by atoms with van der Waals surface area (Å²) in [6.07, 6.45) is 1.43. The average Bonchev–Trinajstić information content (AvgIpc) is 2.92. The first kappa shape index (κ1) is 15.8. The van der Waals surface area contributed by atoms with Crippen LogP contribution in [-0.2, 0) is 10.0 Å². The summed E-state index contributed by atoms with van der Waals surface area (Å²) in [6.45, 7) is 1.87. The van der Waals surface area contributed by atoms with Gasteiger partial charge in [-0.1, -0.05) is 33.6 Å². The molecule has 1 heterocycles. The predicted octanol–water partition coefficient (Wildman–Crippen LogP) is 3.65. The standard InChI is InChI=1S/C16H12BrNO4S/c1-10-2-4-12(5-3-10)23(21,22)18-7-6-13-14(17)8-11(16(19)20)9-15(13)18/h2-9H,1H3,(H,19,20). The Bertz CT molecular complexity index is 1020. The van der Waals surface area contributed by atoms with Crippen LogP contribution in [0.4, 0.5) is 0 Å². The topological polar surface area (TPSA) is 76.4 Å². The number of carboxylic acids is 1. The summed E-state index contributed by atoms with van der Waals surface area (Å²) in [6, 6.07) is 11.0. The molecular weight excluding hydrogens is 382 g/mol. The Hall–Kier alpha value is -2.12. The van der Waals surface area contributed by atoms with Crippen LogP contribution in [0.3, 0.4) is 0 Å². The van der Waals surface area contributed by atoms with Crippen molar-refractivity contribution in [1.29, 1.82) is 0 Å². The van der Waals surface area contributed by atoms with Crippen molar-refractivity contribution >= 4 is 42.8 Å². The molecule has 0 spiro atoms. The van der Waals surface area contributed by atoms with E-state index in [0.717, 1.165) is 9.54 Å². The fourth-order valence-corrected chi connectivity index (χ4v) is 4.25. The highest BCUT2D eigenvalue weighted by atomic mass is 79.9. The van der Waals surface area contributed by atoms with Gasteiger partial charge in [0.1, 0.15) is 0 Å². The molecular formula is C16H12BrNO4S. The summed E-state index contributed by atoms with van der Waals surface area (Å²) >= 11 is 3.29. The van der Waals surface area contributed by atoms with Crippen LogP contribution in [0.2, 0.25) is 0 Å². The second kappa shape index (κ2) is 5.50. The summed E-state index contributed by atoms with van der Waals surface area (Å²) in [7, 11) is -3.80. The van der Waals surface area contributed by atoms with Crippen LogP contribution in [0.15, 0.2) is 58.0 Å². The highest BCUT2D eigenvalue weighted by Gasteiger charge is 2.20. The lowest BCUT2D eigenvalue weighted by Gasteiger charge is -2.09. The predicted molar refractivity (Wildman–Crippen MR) is 90.4 cm³/mol. The number of hydrogen-bond donors (Lipinski definition) is 1. The second-order valence-electron chi connectivity index (χ2n) is 5.13. The molecule has 0 amide bonds. The van der Waals surface area contributed by atoms with Crippen LogP contribution < -0.4 is 0 Å². The molecule has 5 nitrogen and oxygen atoms in total. The Morgan fingerprint density at radius 3 is 2.39 bits per heavy atom. The number of carboxylic acid groups (broad SMARTS) is 1. The van der Waals surface area contributed by atoms with Crippen LogP contribution in [0.25, 0.3) is 10.9 Å². The molecule has 2 aromatic carbocycles. The van der Waals surface area contributed by atoms with Crippen LogP contribution in [-0.4, -0.2) is 23.5 Å². The summed E-state index contributed by atoms with van der Waals surface area (Å²) in [5.41, 5.74) is 1.29. The molecule has 1 N–H and O–H groups in total. The van der Waals surface area contributed by atoms with Gasteiger partial charge >= 0.3 is 5.97 Å². The Kier molecular flexibility index (Phi) is 3.77. The van der Waals surface area contributed by atoms with E-state index in [2.05, 4.69) is 15.9 Å². The van der Waals surface area contributed by atoms with E-state index in [-0.39, 0.29) is 10.5 Å². The van der Waals surface area contributed by atoms with E-state index >= 15 is 0 Å². The van der Waals surface area contributed by atoms with Crippen molar-refractivity contribution < 1.29 is 18.3 Å². The molecule has 0 fully saturated rings. The zero-order valence-corrected chi connectivity index (χ0v) is 14.4. The Morgan fingerprint density at radius 1 is 1.13 bits per heavy atom. The SMILES string of the molecule is Cc1ccc(S(=O)(=O)n2ccc3c(Br)cc(C(=O)O)cc32)cc1. The van der Waals surface area contributed by atoms with E-state index < -0.39 is 16.0 Å². The molecule has 7 heteroatoms. The van der Waals surface area contributed by atoms with Crippen molar-refractivity contribution in [2.45, 2.75) is 11.8 Å². The number of benzene rings is 2. The van der Waals surface area contributed by atoms with Crippen molar-refractivity contribution in [3.63, 3.8) is 0 Å². The van der Waals surface area contributed by atoms with Crippen molar-refractivity contribution in [3.05, 3.63) is 64.3 Å². The molecule has 0 atom stereocenters. The third-order valence-electron chi connectivity index (χ3n) is 3.55. The first-order valence-electron chi connectivity index (χ1n) is 6.67. The van der Waals surface area contributed by atoms with Gasteiger partial charge < -0.3 is 5.11 Å². The lowest BCUT2D eigenvalue weighted by atomic mass is 10.2. The summed E-state index contributed by atoms with van der Waals surface area (Å²) in [5.74, 6) is -1.12. The second-order valence-corrected chi connectivity index (χ2v) is 7.79. The molecule has 3 aromatic rings. The molecule has 0 unspecified atom stereocenters. The van der Waals surface area contributed by atoms with Gasteiger partial charge in [0.2, 0.25) is 0 Å². The van der Waals surface area contributed by atoms with Crippen LogP contribution in [0.5, 0.6) is 0 Å². The smallest absolute Gasteiger partial charge is 0.335 e. The highest BCUT2D eigenvalue weighted by Crippen LogP contribution is 2.29. The average molecular weight is 394 g/mol. The number of halogens is 1. The number of hydrogen-bond acceptors (Lipinski definition) is 3. The summed E-state index contributed by atoms with van der Waals surface area (Å²) in [4.78, 5) is 11.4. The normalized spacial score (nSPS) is 11.7. The van der Waals surface area contributed by atoms with Crippen molar-refractivity contribution in [1.82, 2.24) is 3.97 Å².